The maximum atomic E-state index is 12.6. The first kappa shape index (κ1) is 17.8. The van der Waals surface area contributed by atoms with Gasteiger partial charge in [-0.25, -0.2) is 4.79 Å². The molecular weight excluding hydrogens is 365 g/mol. The van der Waals surface area contributed by atoms with Gasteiger partial charge in [0, 0.05) is 19.6 Å². The zero-order valence-corrected chi connectivity index (χ0v) is 15.9. The molecule has 7 heteroatoms. The Kier molecular flexibility index (Phi) is 5.25. The Morgan fingerprint density at radius 3 is 2.75 bits per heavy atom. The van der Waals surface area contributed by atoms with Crippen molar-refractivity contribution in [2.24, 2.45) is 5.92 Å². The highest BCUT2D eigenvalue weighted by molar-refractivity contribution is 7.23. The smallest absolute Gasteiger partial charge is 0.322 e. The predicted octanol–water partition coefficient (Wildman–Crippen LogP) is 4.53. The fourth-order valence-corrected chi connectivity index (χ4v) is 5.06. The van der Waals surface area contributed by atoms with Crippen molar-refractivity contribution >= 4 is 56.5 Å². The maximum Gasteiger partial charge on any atom is 0.322 e. The van der Waals surface area contributed by atoms with Crippen molar-refractivity contribution in [1.82, 2.24) is 9.80 Å². The number of urea groups is 1. The molecule has 1 N–H and O–H groups in total. The molecule has 3 aliphatic rings. The van der Waals surface area contributed by atoms with Gasteiger partial charge in [-0.05, 0) is 49.4 Å². The molecule has 2 bridgehead atoms. The highest BCUT2D eigenvalue weighted by Gasteiger charge is 2.37. The summed E-state index contributed by atoms with van der Waals surface area (Å²) in [6.45, 7) is 3.38. The number of nitrogens with one attached hydrogen (secondary N) is 1. The molecule has 2 amide bonds. The van der Waals surface area contributed by atoms with Gasteiger partial charge in [0.15, 0.2) is 0 Å². The van der Waals surface area contributed by atoms with Crippen molar-refractivity contribution in [3.8, 4) is 0 Å². The van der Waals surface area contributed by atoms with Crippen molar-refractivity contribution in [3.63, 3.8) is 0 Å². The minimum absolute atomic E-state index is 0. The number of fused-ring (bicyclic) bond motifs is 4. The van der Waals surface area contributed by atoms with Crippen LogP contribution in [0.5, 0.6) is 0 Å². The third-order valence-corrected chi connectivity index (χ3v) is 6.69. The number of rotatable bonds is 2. The quantitative estimate of drug-likeness (QED) is 0.823. The minimum atomic E-state index is -0.0218. The Hall–Kier alpha value is -1.01. The molecule has 0 spiro atoms. The van der Waals surface area contributed by atoms with Crippen LogP contribution in [0.2, 0.25) is 5.02 Å². The number of carbonyl (C=O) groups excluding carboxylic acids is 1. The van der Waals surface area contributed by atoms with Crippen LogP contribution in [0.25, 0.3) is 10.1 Å². The summed E-state index contributed by atoms with van der Waals surface area (Å²) in [7, 11) is 1.92. The molecule has 4 nitrogen and oxygen atoms in total. The second kappa shape index (κ2) is 7.08. The van der Waals surface area contributed by atoms with Crippen LogP contribution in [-0.2, 0) is 0 Å². The number of amides is 2. The Labute approximate surface area is 157 Å². The molecule has 1 atom stereocenters. The highest BCUT2D eigenvalue weighted by atomic mass is 35.5. The summed E-state index contributed by atoms with van der Waals surface area (Å²) >= 11 is 7.75. The molecule has 0 aliphatic carbocycles. The van der Waals surface area contributed by atoms with Crippen molar-refractivity contribution in [1.29, 1.82) is 0 Å². The molecular formula is C17H21Cl2N3OS. The van der Waals surface area contributed by atoms with Gasteiger partial charge in [0.25, 0.3) is 0 Å². The molecule has 1 aromatic carbocycles. The van der Waals surface area contributed by atoms with Gasteiger partial charge >= 0.3 is 6.03 Å². The second-order valence-electron chi connectivity index (χ2n) is 6.52. The number of carbonyl (C=O) groups is 1. The molecule has 0 radical (unpaired) electrons. The molecule has 0 unspecified atom stereocenters. The van der Waals surface area contributed by atoms with E-state index in [4.69, 9.17) is 11.6 Å². The van der Waals surface area contributed by atoms with Crippen LogP contribution < -0.4 is 5.32 Å². The summed E-state index contributed by atoms with van der Waals surface area (Å²) in [6, 6.07) is 8.13. The molecule has 2 aromatic rings. The topological polar surface area (TPSA) is 35.6 Å². The van der Waals surface area contributed by atoms with E-state index in [0.717, 1.165) is 26.7 Å². The van der Waals surface area contributed by atoms with E-state index in [1.54, 1.807) is 0 Å². The largest absolute Gasteiger partial charge is 0.323 e. The van der Waals surface area contributed by atoms with E-state index < -0.39 is 0 Å². The second-order valence-corrected chi connectivity index (χ2v) is 7.97. The summed E-state index contributed by atoms with van der Waals surface area (Å²) in [5, 5.41) is 5.70. The SMILES string of the molecule is CN(C(=O)Nc1cc2cccc(Cl)c2s1)[C@H]1CN2CCC1CC2.Cl. The first-order valence-corrected chi connectivity index (χ1v) is 9.25. The van der Waals surface area contributed by atoms with E-state index in [1.165, 1.54) is 37.3 Å². The zero-order valence-electron chi connectivity index (χ0n) is 13.5. The first-order valence-electron chi connectivity index (χ1n) is 8.06. The number of piperidine rings is 3. The van der Waals surface area contributed by atoms with Crippen molar-refractivity contribution < 1.29 is 4.79 Å². The summed E-state index contributed by atoms with van der Waals surface area (Å²) in [5.74, 6) is 0.646. The third kappa shape index (κ3) is 3.23. The lowest BCUT2D eigenvalue weighted by atomic mass is 9.83. The average Bonchev–Trinajstić information content (AvgIpc) is 2.99. The lowest BCUT2D eigenvalue weighted by Gasteiger charge is -2.47. The minimum Gasteiger partial charge on any atom is -0.323 e. The van der Waals surface area contributed by atoms with E-state index in [0.29, 0.717) is 12.0 Å². The van der Waals surface area contributed by atoms with Gasteiger partial charge in [-0.3, -0.25) is 5.32 Å². The Morgan fingerprint density at radius 2 is 2.12 bits per heavy atom. The molecule has 130 valence electrons. The van der Waals surface area contributed by atoms with Gasteiger partial charge in [-0.1, -0.05) is 23.7 Å². The summed E-state index contributed by atoms with van der Waals surface area (Å²) < 4.78 is 1.02. The summed E-state index contributed by atoms with van der Waals surface area (Å²) in [4.78, 5) is 17.0. The van der Waals surface area contributed by atoms with Crippen molar-refractivity contribution in [3.05, 3.63) is 29.3 Å². The van der Waals surface area contributed by atoms with Crippen LogP contribution >= 0.6 is 35.3 Å². The standard InChI is InChI=1S/C17H20ClN3OS.ClH/c1-20(14-10-21-7-5-11(14)6-8-21)17(22)19-15-9-12-3-2-4-13(18)16(12)23-15;/h2-4,9,11,14H,5-8,10H2,1H3,(H,19,22);1H/t14-;/m0./s1. The summed E-state index contributed by atoms with van der Waals surface area (Å²) in [5.41, 5.74) is 0. The van der Waals surface area contributed by atoms with E-state index in [9.17, 15) is 4.79 Å². The van der Waals surface area contributed by atoms with Crippen LogP contribution in [0, 0.1) is 5.92 Å². The maximum absolute atomic E-state index is 12.6. The van der Waals surface area contributed by atoms with Crippen LogP contribution in [0.1, 0.15) is 12.8 Å². The van der Waals surface area contributed by atoms with Gasteiger partial charge < -0.3 is 9.80 Å². The molecule has 0 saturated carbocycles. The number of hydrogen-bond donors (Lipinski definition) is 1. The predicted molar refractivity (Wildman–Crippen MR) is 104 cm³/mol. The Bertz CT molecular complexity index is 743. The molecule has 3 aliphatic heterocycles. The monoisotopic (exact) mass is 385 g/mol. The molecule has 4 heterocycles. The Balaban J connectivity index is 0.00000169. The van der Waals surface area contributed by atoms with E-state index in [1.807, 2.05) is 36.2 Å². The van der Waals surface area contributed by atoms with E-state index >= 15 is 0 Å². The number of hydrogen-bond acceptors (Lipinski definition) is 3. The number of anilines is 1. The Morgan fingerprint density at radius 1 is 1.38 bits per heavy atom. The molecule has 24 heavy (non-hydrogen) atoms. The lowest BCUT2D eigenvalue weighted by molar-refractivity contribution is 0.0336. The van der Waals surface area contributed by atoms with Crippen LogP contribution in [0.15, 0.2) is 24.3 Å². The van der Waals surface area contributed by atoms with Gasteiger partial charge in [0.1, 0.15) is 0 Å². The number of thiophene rings is 1. The fourth-order valence-electron chi connectivity index (χ4n) is 3.81. The van der Waals surface area contributed by atoms with Gasteiger partial charge in [-0.2, -0.15) is 0 Å². The zero-order chi connectivity index (χ0) is 16.0. The van der Waals surface area contributed by atoms with Gasteiger partial charge in [0.2, 0.25) is 0 Å². The van der Waals surface area contributed by atoms with E-state index in [2.05, 4.69) is 10.2 Å². The molecule has 5 rings (SSSR count). The highest BCUT2D eigenvalue weighted by Crippen LogP contribution is 2.35. The van der Waals surface area contributed by atoms with Gasteiger partial charge in [-0.15, -0.1) is 23.7 Å². The fraction of sp³-hybridized carbons (Fsp3) is 0.471. The average molecular weight is 386 g/mol. The number of likely N-dealkylation sites (N-methyl/N-ethyl adjacent to an activating group) is 1. The van der Waals surface area contributed by atoms with Crippen LogP contribution in [-0.4, -0.2) is 48.6 Å². The summed E-state index contributed by atoms with van der Waals surface area (Å²) in [6.07, 6.45) is 2.42. The van der Waals surface area contributed by atoms with Crippen molar-refractivity contribution in [2.75, 3.05) is 32.0 Å². The van der Waals surface area contributed by atoms with Crippen LogP contribution in [0.4, 0.5) is 9.80 Å². The normalized spacial score (nSPS) is 25.3. The number of benzene rings is 1. The van der Waals surface area contributed by atoms with Crippen LogP contribution in [0.3, 0.4) is 0 Å². The molecule has 1 aromatic heterocycles. The number of halogens is 2. The third-order valence-electron chi connectivity index (χ3n) is 5.17. The number of nitrogens with zero attached hydrogens (tertiary/aromatic N) is 2. The van der Waals surface area contributed by atoms with E-state index in [-0.39, 0.29) is 18.4 Å². The first-order chi connectivity index (χ1) is 11.1. The molecule has 3 fully saturated rings. The molecule has 3 saturated heterocycles. The lowest BCUT2D eigenvalue weighted by Crippen LogP contribution is -2.58. The van der Waals surface area contributed by atoms with Crippen molar-refractivity contribution in [2.45, 2.75) is 18.9 Å². The van der Waals surface area contributed by atoms with Gasteiger partial charge in [0.05, 0.1) is 14.7 Å².